The van der Waals surface area contributed by atoms with Gasteiger partial charge in [-0.05, 0) is 37.1 Å². The average Bonchev–Trinajstić information content (AvgIpc) is 2.46. The van der Waals surface area contributed by atoms with Crippen molar-refractivity contribution < 1.29 is 4.74 Å². The van der Waals surface area contributed by atoms with Crippen LogP contribution in [0.5, 0.6) is 5.75 Å². The van der Waals surface area contributed by atoms with E-state index >= 15 is 0 Å². The molecule has 0 N–H and O–H groups in total. The minimum Gasteiger partial charge on any atom is -0.493 e. The van der Waals surface area contributed by atoms with Gasteiger partial charge in [0.05, 0.1) is 18.1 Å². The summed E-state index contributed by atoms with van der Waals surface area (Å²) in [7, 11) is 0. The van der Waals surface area contributed by atoms with E-state index in [-0.39, 0.29) is 5.41 Å². The summed E-state index contributed by atoms with van der Waals surface area (Å²) in [5.74, 6) is 0.898. The molecule has 2 aromatic rings. The molecular weight excluding hydrogens is 314 g/mol. The highest BCUT2D eigenvalue weighted by atomic mass is 79.9. The van der Waals surface area contributed by atoms with Crippen LogP contribution in [0.15, 0.2) is 36.4 Å². The topological polar surface area (TPSA) is 33.0 Å². The zero-order valence-corrected chi connectivity index (χ0v) is 13.4. The van der Waals surface area contributed by atoms with Crippen LogP contribution >= 0.6 is 15.9 Å². The smallest absolute Gasteiger partial charge is 0.123 e. The Morgan fingerprint density at radius 1 is 1.20 bits per heavy atom. The van der Waals surface area contributed by atoms with E-state index < -0.39 is 0 Å². The van der Waals surface area contributed by atoms with Gasteiger partial charge in [0.15, 0.2) is 0 Å². The molecule has 0 bridgehead atoms. The third-order valence-electron chi connectivity index (χ3n) is 3.42. The van der Waals surface area contributed by atoms with Crippen LogP contribution in [0.4, 0.5) is 0 Å². The molecule has 0 spiro atoms. The second-order valence-corrected chi connectivity index (χ2v) is 6.05. The van der Waals surface area contributed by atoms with Crippen molar-refractivity contribution in [3.63, 3.8) is 0 Å². The van der Waals surface area contributed by atoms with Crippen LogP contribution in [0.25, 0.3) is 10.8 Å². The molecule has 0 saturated heterocycles. The first-order valence-electron chi connectivity index (χ1n) is 6.68. The molecule has 2 aromatic carbocycles. The molecule has 0 atom stereocenters. The molecule has 0 aliphatic rings. The number of hydrogen-bond donors (Lipinski definition) is 0. The molecule has 0 saturated carbocycles. The van der Waals surface area contributed by atoms with Crippen molar-refractivity contribution in [2.75, 3.05) is 6.61 Å². The van der Waals surface area contributed by atoms with Gasteiger partial charge in [-0.25, -0.2) is 0 Å². The summed E-state index contributed by atoms with van der Waals surface area (Å²) >= 11 is 3.54. The van der Waals surface area contributed by atoms with Crippen LogP contribution in [0.2, 0.25) is 0 Å². The number of benzene rings is 2. The van der Waals surface area contributed by atoms with Gasteiger partial charge in [-0.2, -0.15) is 5.26 Å². The predicted octanol–water partition coefficient (Wildman–Crippen LogP) is 5.05. The van der Waals surface area contributed by atoms with Crippen LogP contribution < -0.4 is 4.74 Å². The van der Waals surface area contributed by atoms with Crippen molar-refractivity contribution in [3.05, 3.63) is 42.0 Å². The summed E-state index contributed by atoms with van der Waals surface area (Å²) in [6.45, 7) is 4.42. The van der Waals surface area contributed by atoms with Gasteiger partial charge in [-0.1, -0.05) is 46.3 Å². The molecule has 0 fully saturated rings. The summed E-state index contributed by atoms with van der Waals surface area (Å²) in [6, 6.07) is 14.7. The molecule has 0 heterocycles. The van der Waals surface area contributed by atoms with Crippen molar-refractivity contribution in [1.29, 1.82) is 5.26 Å². The fourth-order valence-corrected chi connectivity index (χ4v) is 2.64. The molecule has 20 heavy (non-hydrogen) atoms. The predicted molar refractivity (Wildman–Crippen MR) is 86.1 cm³/mol. The number of hydrogen-bond acceptors (Lipinski definition) is 2. The van der Waals surface area contributed by atoms with Gasteiger partial charge in [0.25, 0.3) is 0 Å². The molecule has 2 rings (SSSR count). The molecule has 0 unspecified atom stereocenters. The van der Waals surface area contributed by atoms with Gasteiger partial charge in [0.1, 0.15) is 5.75 Å². The van der Waals surface area contributed by atoms with Crippen LogP contribution in [-0.4, -0.2) is 6.61 Å². The summed E-state index contributed by atoms with van der Waals surface area (Å²) in [6.07, 6.45) is 0.720. The molecule has 0 aliphatic carbocycles. The highest BCUT2D eigenvalue weighted by Gasteiger charge is 2.17. The number of nitriles is 1. The SMILES string of the molecule is CC(C)(C#N)CCOc1ccc2ccccc2c1CBr. The first-order chi connectivity index (χ1) is 9.57. The lowest BCUT2D eigenvalue weighted by atomic mass is 9.92. The van der Waals surface area contributed by atoms with Crippen molar-refractivity contribution in [2.45, 2.75) is 25.6 Å². The molecule has 0 aromatic heterocycles. The maximum absolute atomic E-state index is 9.02. The van der Waals surface area contributed by atoms with Crippen LogP contribution in [0.3, 0.4) is 0 Å². The van der Waals surface area contributed by atoms with E-state index in [2.05, 4.69) is 40.2 Å². The largest absolute Gasteiger partial charge is 0.493 e. The third-order valence-corrected chi connectivity index (χ3v) is 3.98. The fraction of sp³-hybridized carbons (Fsp3) is 0.353. The van der Waals surface area contributed by atoms with E-state index in [4.69, 9.17) is 10.00 Å². The number of ether oxygens (including phenoxy) is 1. The van der Waals surface area contributed by atoms with E-state index in [0.717, 1.165) is 23.1 Å². The zero-order valence-electron chi connectivity index (χ0n) is 11.8. The number of rotatable bonds is 5. The van der Waals surface area contributed by atoms with E-state index in [0.29, 0.717) is 6.61 Å². The normalized spacial score (nSPS) is 11.3. The lowest BCUT2D eigenvalue weighted by molar-refractivity contribution is 0.263. The third kappa shape index (κ3) is 3.32. The standard InChI is InChI=1S/C17H18BrNO/c1-17(2,12-19)9-10-20-16-8-7-13-5-3-4-6-14(13)15(16)11-18/h3-8H,9-11H2,1-2H3. The van der Waals surface area contributed by atoms with Crippen molar-refractivity contribution >= 4 is 26.7 Å². The number of alkyl halides is 1. The first kappa shape index (κ1) is 14.9. The Morgan fingerprint density at radius 3 is 2.65 bits per heavy atom. The molecule has 0 radical (unpaired) electrons. The molecule has 0 aliphatic heterocycles. The summed E-state index contributed by atoms with van der Waals surface area (Å²) in [4.78, 5) is 0. The fourth-order valence-electron chi connectivity index (χ4n) is 2.06. The number of halogens is 1. The first-order valence-corrected chi connectivity index (χ1v) is 7.80. The van der Waals surface area contributed by atoms with E-state index in [9.17, 15) is 0 Å². The molecule has 3 heteroatoms. The summed E-state index contributed by atoms with van der Waals surface area (Å²) in [5, 5.41) is 12.2. The van der Waals surface area contributed by atoms with Crippen molar-refractivity contribution in [3.8, 4) is 11.8 Å². The molecule has 2 nitrogen and oxygen atoms in total. The maximum Gasteiger partial charge on any atom is 0.123 e. The zero-order chi connectivity index (χ0) is 14.6. The maximum atomic E-state index is 9.02. The van der Waals surface area contributed by atoms with Crippen LogP contribution in [-0.2, 0) is 5.33 Å². The highest BCUT2D eigenvalue weighted by molar-refractivity contribution is 9.08. The van der Waals surface area contributed by atoms with Gasteiger partial charge in [0, 0.05) is 10.9 Å². The van der Waals surface area contributed by atoms with Crippen molar-refractivity contribution in [2.24, 2.45) is 5.41 Å². The lowest BCUT2D eigenvalue weighted by Crippen LogP contribution is -2.13. The van der Waals surface area contributed by atoms with E-state index in [1.807, 2.05) is 32.0 Å². The van der Waals surface area contributed by atoms with Gasteiger partial charge in [0.2, 0.25) is 0 Å². The molecule has 104 valence electrons. The van der Waals surface area contributed by atoms with Crippen molar-refractivity contribution in [1.82, 2.24) is 0 Å². The van der Waals surface area contributed by atoms with E-state index in [1.54, 1.807) is 0 Å². The van der Waals surface area contributed by atoms with Crippen LogP contribution in [0, 0.1) is 16.7 Å². The minimum absolute atomic E-state index is 0.342. The number of fused-ring (bicyclic) bond motifs is 1. The summed E-state index contributed by atoms with van der Waals surface area (Å²) in [5.41, 5.74) is 0.823. The van der Waals surface area contributed by atoms with Gasteiger partial charge >= 0.3 is 0 Å². The Kier molecular flexibility index (Phi) is 4.67. The lowest BCUT2D eigenvalue weighted by Gasteiger charge is -2.17. The molecular formula is C17H18BrNO. The van der Waals surface area contributed by atoms with Gasteiger partial charge < -0.3 is 4.74 Å². The Labute approximate surface area is 128 Å². The van der Waals surface area contributed by atoms with Gasteiger partial charge in [-0.3, -0.25) is 0 Å². The monoisotopic (exact) mass is 331 g/mol. The summed E-state index contributed by atoms with van der Waals surface area (Å²) < 4.78 is 5.89. The second kappa shape index (κ2) is 6.28. The highest BCUT2D eigenvalue weighted by Crippen LogP contribution is 2.30. The quantitative estimate of drug-likeness (QED) is 0.718. The van der Waals surface area contributed by atoms with Gasteiger partial charge in [-0.15, -0.1) is 0 Å². The Morgan fingerprint density at radius 2 is 1.95 bits per heavy atom. The minimum atomic E-state index is -0.342. The second-order valence-electron chi connectivity index (χ2n) is 5.49. The van der Waals surface area contributed by atoms with Crippen LogP contribution in [0.1, 0.15) is 25.8 Å². The van der Waals surface area contributed by atoms with E-state index in [1.165, 1.54) is 10.8 Å². The molecule has 0 amide bonds. The number of nitrogens with zero attached hydrogens (tertiary/aromatic N) is 1. The Hall–Kier alpha value is -1.53. The Balaban J connectivity index is 2.20. The average molecular weight is 332 g/mol. The Bertz CT molecular complexity index is 643.